The Hall–Kier alpha value is -1.24. The second-order valence-electron chi connectivity index (χ2n) is 5.39. The molecule has 1 heterocycles. The minimum Gasteiger partial charge on any atom is -0.496 e. The van der Waals surface area contributed by atoms with Crippen molar-refractivity contribution >= 4 is 17.7 Å². The van der Waals surface area contributed by atoms with Crippen LogP contribution in [-0.2, 0) is 16.1 Å². The van der Waals surface area contributed by atoms with Crippen molar-refractivity contribution in [1.29, 1.82) is 0 Å². The monoisotopic (exact) mass is 324 g/mol. The van der Waals surface area contributed by atoms with Crippen molar-refractivity contribution in [3.05, 3.63) is 23.8 Å². The number of benzene rings is 1. The summed E-state index contributed by atoms with van der Waals surface area (Å²) in [5.41, 5.74) is 1.05. The van der Waals surface area contributed by atoms with Gasteiger partial charge >= 0.3 is 0 Å². The molecule has 1 aromatic carbocycles. The van der Waals surface area contributed by atoms with Gasteiger partial charge in [-0.25, -0.2) is 0 Å². The molecule has 2 rings (SSSR count). The zero-order chi connectivity index (χ0) is 16.1. The van der Waals surface area contributed by atoms with Gasteiger partial charge in [-0.05, 0) is 30.9 Å². The van der Waals surface area contributed by atoms with Crippen molar-refractivity contribution in [1.82, 2.24) is 10.2 Å². The number of methoxy groups -OCH3 is 1. The molecule has 1 amide bonds. The highest BCUT2D eigenvalue weighted by Crippen LogP contribution is 2.28. The molecule has 6 heteroatoms. The summed E-state index contributed by atoms with van der Waals surface area (Å²) in [5.74, 6) is 0.901. The molecule has 1 N–H and O–H groups in total. The molecule has 1 aliphatic rings. The highest BCUT2D eigenvalue weighted by molar-refractivity contribution is 7.98. The molecule has 0 radical (unpaired) electrons. The summed E-state index contributed by atoms with van der Waals surface area (Å²) < 4.78 is 10.9. The van der Waals surface area contributed by atoms with Crippen LogP contribution in [0, 0.1) is 0 Å². The maximum absolute atomic E-state index is 12.5. The molecule has 1 saturated heterocycles. The van der Waals surface area contributed by atoms with Gasteiger partial charge in [0, 0.05) is 25.0 Å². The van der Waals surface area contributed by atoms with E-state index in [9.17, 15) is 4.79 Å². The fraction of sp³-hybridized carbons (Fsp3) is 0.562. The van der Waals surface area contributed by atoms with Crippen LogP contribution in [0.2, 0.25) is 0 Å². The summed E-state index contributed by atoms with van der Waals surface area (Å²) in [7, 11) is 3.49. The van der Waals surface area contributed by atoms with Gasteiger partial charge in [-0.2, -0.15) is 0 Å². The number of hydrogen-bond acceptors (Lipinski definition) is 5. The van der Waals surface area contributed by atoms with E-state index in [1.807, 2.05) is 38.4 Å². The van der Waals surface area contributed by atoms with Crippen molar-refractivity contribution in [2.45, 2.75) is 30.5 Å². The predicted octanol–water partition coefficient (Wildman–Crippen LogP) is 1.75. The van der Waals surface area contributed by atoms with Gasteiger partial charge in [0.1, 0.15) is 11.8 Å². The lowest BCUT2D eigenvalue weighted by Gasteiger charge is -2.32. The SMILES string of the molecule is COc1cc(CN(C)C(=O)[C@H]2NCCO[C@@H]2C)ccc1SC. The molecular weight excluding hydrogens is 300 g/mol. The number of hydrogen-bond donors (Lipinski definition) is 1. The van der Waals surface area contributed by atoms with Crippen molar-refractivity contribution in [3.8, 4) is 5.75 Å². The van der Waals surface area contributed by atoms with E-state index < -0.39 is 0 Å². The van der Waals surface area contributed by atoms with E-state index in [2.05, 4.69) is 5.32 Å². The van der Waals surface area contributed by atoms with Crippen molar-refractivity contribution < 1.29 is 14.3 Å². The molecule has 1 aliphatic heterocycles. The lowest BCUT2D eigenvalue weighted by Crippen LogP contribution is -2.55. The smallest absolute Gasteiger partial charge is 0.242 e. The number of carbonyl (C=O) groups excluding carboxylic acids is 1. The Morgan fingerprint density at radius 3 is 2.95 bits per heavy atom. The molecule has 0 spiro atoms. The molecule has 0 aromatic heterocycles. The summed E-state index contributed by atoms with van der Waals surface area (Å²) >= 11 is 1.64. The first-order valence-electron chi connectivity index (χ1n) is 7.37. The van der Waals surface area contributed by atoms with Gasteiger partial charge in [0.15, 0.2) is 0 Å². The summed E-state index contributed by atoms with van der Waals surface area (Å²) in [6, 6.07) is 5.78. The Bertz CT molecular complexity index is 524. The first kappa shape index (κ1) is 17.1. The van der Waals surface area contributed by atoms with Crippen LogP contribution in [0.15, 0.2) is 23.1 Å². The second-order valence-corrected chi connectivity index (χ2v) is 6.24. The van der Waals surface area contributed by atoms with Gasteiger partial charge in [0.05, 0.1) is 19.8 Å². The minimum atomic E-state index is -0.272. The first-order chi connectivity index (χ1) is 10.6. The van der Waals surface area contributed by atoms with Crippen LogP contribution in [0.4, 0.5) is 0 Å². The van der Waals surface area contributed by atoms with E-state index in [1.54, 1.807) is 23.8 Å². The van der Waals surface area contributed by atoms with Gasteiger partial charge in [-0.3, -0.25) is 4.79 Å². The van der Waals surface area contributed by atoms with Crippen LogP contribution >= 0.6 is 11.8 Å². The van der Waals surface area contributed by atoms with Crippen LogP contribution < -0.4 is 10.1 Å². The molecule has 0 unspecified atom stereocenters. The van der Waals surface area contributed by atoms with Gasteiger partial charge < -0.3 is 19.7 Å². The summed E-state index contributed by atoms with van der Waals surface area (Å²) in [5, 5.41) is 3.23. The lowest BCUT2D eigenvalue weighted by molar-refractivity contribution is -0.138. The largest absolute Gasteiger partial charge is 0.496 e. The first-order valence-corrected chi connectivity index (χ1v) is 8.60. The van der Waals surface area contributed by atoms with Crippen molar-refractivity contribution in [2.75, 3.05) is 33.6 Å². The van der Waals surface area contributed by atoms with Crippen LogP contribution in [0.3, 0.4) is 0 Å². The molecule has 0 bridgehead atoms. The second kappa shape index (κ2) is 7.85. The highest BCUT2D eigenvalue weighted by atomic mass is 32.2. The fourth-order valence-corrected chi connectivity index (χ4v) is 3.13. The number of thioether (sulfide) groups is 1. The molecule has 0 aliphatic carbocycles. The normalized spacial score (nSPS) is 21.5. The Kier molecular flexibility index (Phi) is 6.11. The van der Waals surface area contributed by atoms with Gasteiger partial charge in [0.2, 0.25) is 5.91 Å². The van der Waals surface area contributed by atoms with Crippen LogP contribution in [0.5, 0.6) is 5.75 Å². The number of likely N-dealkylation sites (N-methyl/N-ethyl adjacent to an activating group) is 1. The quantitative estimate of drug-likeness (QED) is 0.836. The standard InChI is InChI=1S/C16H24N2O3S/c1-11-15(17-7-8-21-11)16(19)18(2)10-12-5-6-14(22-4)13(9-12)20-3/h5-6,9,11,15,17H,7-8,10H2,1-4H3/t11-,15+/m1/s1. The number of carbonyl (C=O) groups is 1. The van der Waals surface area contributed by atoms with E-state index in [-0.39, 0.29) is 18.1 Å². The van der Waals surface area contributed by atoms with Crippen LogP contribution in [-0.4, -0.2) is 56.5 Å². The topological polar surface area (TPSA) is 50.8 Å². The number of ether oxygens (including phenoxy) is 2. The average molecular weight is 324 g/mol. The molecule has 1 aromatic rings. The Balaban J connectivity index is 2.04. The molecule has 0 saturated carbocycles. The third-order valence-corrected chi connectivity index (χ3v) is 4.60. The molecular formula is C16H24N2O3S. The van der Waals surface area contributed by atoms with E-state index in [0.29, 0.717) is 19.7 Å². The Morgan fingerprint density at radius 2 is 2.32 bits per heavy atom. The molecule has 2 atom stereocenters. The van der Waals surface area contributed by atoms with E-state index in [0.717, 1.165) is 16.2 Å². The number of rotatable bonds is 5. The summed E-state index contributed by atoms with van der Waals surface area (Å²) in [6.45, 7) is 3.85. The fourth-order valence-electron chi connectivity index (χ4n) is 2.58. The number of nitrogens with zero attached hydrogens (tertiary/aromatic N) is 1. The zero-order valence-electron chi connectivity index (χ0n) is 13.6. The average Bonchev–Trinajstić information content (AvgIpc) is 2.54. The third kappa shape index (κ3) is 3.94. The number of morpholine rings is 1. The maximum Gasteiger partial charge on any atom is 0.242 e. The number of nitrogens with one attached hydrogen (secondary N) is 1. The maximum atomic E-state index is 12.5. The van der Waals surface area contributed by atoms with E-state index in [4.69, 9.17) is 9.47 Å². The minimum absolute atomic E-state index is 0.0557. The van der Waals surface area contributed by atoms with Gasteiger partial charge in [-0.15, -0.1) is 11.8 Å². The summed E-state index contributed by atoms with van der Waals surface area (Å²) in [6.07, 6.45) is 1.92. The Morgan fingerprint density at radius 1 is 1.55 bits per heavy atom. The third-order valence-electron chi connectivity index (χ3n) is 3.83. The van der Waals surface area contributed by atoms with Crippen LogP contribution in [0.1, 0.15) is 12.5 Å². The molecule has 1 fully saturated rings. The van der Waals surface area contributed by atoms with Gasteiger partial charge in [-0.1, -0.05) is 6.07 Å². The predicted molar refractivity (Wildman–Crippen MR) is 88.5 cm³/mol. The van der Waals surface area contributed by atoms with Crippen molar-refractivity contribution in [3.63, 3.8) is 0 Å². The Labute approximate surface area is 136 Å². The molecule has 5 nitrogen and oxygen atoms in total. The highest BCUT2D eigenvalue weighted by Gasteiger charge is 2.30. The molecule has 22 heavy (non-hydrogen) atoms. The van der Waals surface area contributed by atoms with E-state index in [1.165, 1.54) is 0 Å². The number of amides is 1. The van der Waals surface area contributed by atoms with Gasteiger partial charge in [0.25, 0.3) is 0 Å². The zero-order valence-corrected chi connectivity index (χ0v) is 14.4. The van der Waals surface area contributed by atoms with Crippen LogP contribution in [0.25, 0.3) is 0 Å². The molecule has 122 valence electrons. The lowest BCUT2D eigenvalue weighted by atomic mass is 10.1. The van der Waals surface area contributed by atoms with Crippen molar-refractivity contribution in [2.24, 2.45) is 0 Å². The summed E-state index contributed by atoms with van der Waals surface area (Å²) in [4.78, 5) is 15.4. The van der Waals surface area contributed by atoms with E-state index >= 15 is 0 Å².